The molecule has 2 aromatic carbocycles. The van der Waals surface area contributed by atoms with Gasteiger partial charge in [-0.3, -0.25) is 9.59 Å². The molecule has 1 saturated heterocycles. The van der Waals surface area contributed by atoms with Gasteiger partial charge in [-0.15, -0.1) is 0 Å². The van der Waals surface area contributed by atoms with Crippen LogP contribution in [0.15, 0.2) is 54.6 Å². The number of ketones is 1. The quantitative estimate of drug-likeness (QED) is 0.386. The lowest BCUT2D eigenvalue weighted by atomic mass is 9.74. The number of hydrogen-bond donors (Lipinski definition) is 1. The number of ether oxygens (including phenoxy) is 1. The highest BCUT2D eigenvalue weighted by molar-refractivity contribution is 6.02. The number of Topliss-reactive ketones (excluding diaryl/α,β-unsaturated/α-hetero) is 1. The van der Waals surface area contributed by atoms with E-state index in [0.717, 1.165) is 18.4 Å². The number of rotatable bonds is 8. The number of carbonyl (C=O) groups excluding carboxylic acids is 2. The number of benzene rings is 2. The molecule has 1 aliphatic rings. The van der Waals surface area contributed by atoms with Crippen LogP contribution in [0.1, 0.15) is 63.0 Å². The van der Waals surface area contributed by atoms with Crippen molar-refractivity contribution < 1.29 is 14.3 Å². The van der Waals surface area contributed by atoms with Crippen molar-refractivity contribution in [3.05, 3.63) is 65.7 Å². The summed E-state index contributed by atoms with van der Waals surface area (Å²) < 4.78 is 6.06. The van der Waals surface area contributed by atoms with Gasteiger partial charge in [-0.05, 0) is 48.9 Å². The van der Waals surface area contributed by atoms with Crippen molar-refractivity contribution in [3.63, 3.8) is 0 Å². The van der Waals surface area contributed by atoms with Gasteiger partial charge in [0.2, 0.25) is 0 Å². The first-order valence-corrected chi connectivity index (χ1v) is 10.6. The predicted octanol–water partition coefficient (Wildman–Crippen LogP) is 5.07. The average Bonchev–Trinajstić information content (AvgIpc) is 2.70. The molecule has 3 rings (SSSR count). The Kier molecular flexibility index (Phi) is 6.73. The third-order valence-corrected chi connectivity index (χ3v) is 6.01. The summed E-state index contributed by atoms with van der Waals surface area (Å²) in [6.07, 6.45) is 4.01. The molecule has 4 heteroatoms. The molecular weight excluding hydrogens is 362 g/mol. The Morgan fingerprint density at radius 3 is 2.45 bits per heavy atom. The smallest absolute Gasteiger partial charge is 0.317 e. The molecule has 0 radical (unpaired) electrons. The first-order valence-electron chi connectivity index (χ1n) is 10.6. The molecule has 154 valence electrons. The fourth-order valence-corrected chi connectivity index (χ4v) is 4.59. The highest BCUT2D eigenvalue weighted by Gasteiger charge is 2.48. The predicted molar refractivity (Wildman–Crippen MR) is 115 cm³/mol. The number of aryl methyl sites for hydroxylation is 1. The number of carbonyl (C=O) groups is 2. The summed E-state index contributed by atoms with van der Waals surface area (Å²) in [4.78, 5) is 26.3. The fourth-order valence-electron chi connectivity index (χ4n) is 4.59. The van der Waals surface area contributed by atoms with Crippen LogP contribution >= 0.6 is 0 Å². The van der Waals surface area contributed by atoms with Crippen LogP contribution in [0.2, 0.25) is 0 Å². The number of anilines is 1. The third-order valence-electron chi connectivity index (χ3n) is 6.01. The summed E-state index contributed by atoms with van der Waals surface area (Å²) in [6.45, 7) is 4.06. The van der Waals surface area contributed by atoms with Crippen LogP contribution in [0, 0.1) is 5.92 Å². The normalized spacial score (nSPS) is 22.9. The van der Waals surface area contributed by atoms with Crippen molar-refractivity contribution >= 4 is 17.4 Å². The summed E-state index contributed by atoms with van der Waals surface area (Å²) in [7, 11) is 0. The van der Waals surface area contributed by atoms with Crippen LogP contribution in [-0.2, 0) is 20.7 Å². The van der Waals surface area contributed by atoms with Crippen molar-refractivity contribution in [1.29, 1.82) is 0 Å². The van der Waals surface area contributed by atoms with Crippen LogP contribution in [0.3, 0.4) is 0 Å². The molecule has 3 atom stereocenters. The Hall–Kier alpha value is -2.62. The molecule has 0 saturated carbocycles. The highest BCUT2D eigenvalue weighted by atomic mass is 16.6. The monoisotopic (exact) mass is 393 g/mol. The summed E-state index contributed by atoms with van der Waals surface area (Å²) in [5, 5.41) is 0. The molecule has 29 heavy (non-hydrogen) atoms. The van der Waals surface area contributed by atoms with E-state index in [1.807, 2.05) is 49.4 Å². The molecule has 0 bridgehead atoms. The van der Waals surface area contributed by atoms with Gasteiger partial charge in [-0.1, -0.05) is 62.7 Å². The standard InChI is InChI=1S/C25H31NO3/c1-3-14-25(15-13-18-9-6-5-7-10-18)17-22(27)23(24(28)29-25)21(4-2)19-11-8-12-20(26)16-19/h5-12,16,21,23H,3-4,13-15,17,26H2,1-2H3/t21-,23?,25-/m1/s1. The van der Waals surface area contributed by atoms with Gasteiger partial charge < -0.3 is 10.5 Å². The van der Waals surface area contributed by atoms with Gasteiger partial charge in [0.1, 0.15) is 11.5 Å². The van der Waals surface area contributed by atoms with E-state index in [0.29, 0.717) is 31.4 Å². The zero-order chi connectivity index (χ0) is 20.9. The Morgan fingerprint density at radius 2 is 1.83 bits per heavy atom. The molecule has 1 unspecified atom stereocenters. The molecule has 0 aliphatic carbocycles. The van der Waals surface area contributed by atoms with Crippen LogP contribution in [0.5, 0.6) is 0 Å². The van der Waals surface area contributed by atoms with Crippen LogP contribution in [-0.4, -0.2) is 17.4 Å². The number of nitrogens with two attached hydrogens (primary N) is 1. The summed E-state index contributed by atoms with van der Waals surface area (Å²) in [6, 6.07) is 17.6. The summed E-state index contributed by atoms with van der Waals surface area (Å²) >= 11 is 0. The minimum Gasteiger partial charge on any atom is -0.458 e. The number of hydrogen-bond acceptors (Lipinski definition) is 4. The lowest BCUT2D eigenvalue weighted by Gasteiger charge is -2.40. The first-order chi connectivity index (χ1) is 14.0. The second kappa shape index (κ2) is 9.25. The molecule has 2 N–H and O–H groups in total. The average molecular weight is 394 g/mol. The fraction of sp³-hybridized carbons (Fsp3) is 0.440. The Balaban J connectivity index is 1.80. The van der Waals surface area contributed by atoms with E-state index in [1.165, 1.54) is 5.56 Å². The van der Waals surface area contributed by atoms with Crippen LogP contribution in [0.4, 0.5) is 5.69 Å². The molecular formula is C25H31NO3. The molecule has 0 spiro atoms. The molecule has 1 fully saturated rings. The van der Waals surface area contributed by atoms with Crippen molar-refractivity contribution in [3.8, 4) is 0 Å². The van der Waals surface area contributed by atoms with E-state index in [9.17, 15) is 9.59 Å². The van der Waals surface area contributed by atoms with Crippen molar-refractivity contribution in [2.75, 3.05) is 5.73 Å². The maximum Gasteiger partial charge on any atom is 0.317 e. The van der Waals surface area contributed by atoms with E-state index >= 15 is 0 Å². The van der Waals surface area contributed by atoms with Gasteiger partial charge in [0, 0.05) is 18.0 Å². The second-order valence-electron chi connectivity index (χ2n) is 8.15. The van der Waals surface area contributed by atoms with E-state index in [4.69, 9.17) is 10.5 Å². The van der Waals surface area contributed by atoms with Crippen molar-refractivity contribution in [2.45, 2.75) is 63.9 Å². The third kappa shape index (κ3) is 4.87. The molecule has 2 aromatic rings. The molecule has 1 aliphatic heterocycles. The molecule has 0 amide bonds. The summed E-state index contributed by atoms with van der Waals surface area (Å²) in [5.74, 6) is -1.33. The van der Waals surface area contributed by atoms with E-state index in [2.05, 4.69) is 19.1 Å². The number of esters is 1. The van der Waals surface area contributed by atoms with Crippen LogP contribution < -0.4 is 5.73 Å². The van der Waals surface area contributed by atoms with E-state index < -0.39 is 11.5 Å². The highest BCUT2D eigenvalue weighted by Crippen LogP contribution is 2.41. The van der Waals surface area contributed by atoms with Gasteiger partial charge in [0.25, 0.3) is 0 Å². The lowest BCUT2D eigenvalue weighted by molar-refractivity contribution is -0.180. The van der Waals surface area contributed by atoms with Gasteiger partial charge in [-0.25, -0.2) is 0 Å². The van der Waals surface area contributed by atoms with Crippen LogP contribution in [0.25, 0.3) is 0 Å². The first kappa shape index (κ1) is 21.1. The van der Waals surface area contributed by atoms with E-state index in [1.54, 1.807) is 0 Å². The molecule has 0 aromatic heterocycles. The Morgan fingerprint density at radius 1 is 1.07 bits per heavy atom. The topological polar surface area (TPSA) is 69.4 Å². The van der Waals surface area contributed by atoms with Gasteiger partial charge in [0.05, 0.1) is 0 Å². The van der Waals surface area contributed by atoms with Gasteiger partial charge >= 0.3 is 5.97 Å². The minimum atomic E-state index is -0.747. The van der Waals surface area contributed by atoms with Gasteiger partial charge in [-0.2, -0.15) is 0 Å². The maximum atomic E-state index is 13.2. The van der Waals surface area contributed by atoms with Crippen molar-refractivity contribution in [1.82, 2.24) is 0 Å². The number of nitrogen functional groups attached to an aromatic ring is 1. The zero-order valence-corrected chi connectivity index (χ0v) is 17.4. The maximum absolute atomic E-state index is 13.2. The van der Waals surface area contributed by atoms with Crippen molar-refractivity contribution in [2.24, 2.45) is 5.92 Å². The minimum absolute atomic E-state index is 0.00274. The zero-order valence-electron chi connectivity index (χ0n) is 17.4. The molecule has 1 heterocycles. The SMILES string of the molecule is CCC[C@@]1(CCc2ccccc2)CC(=O)C([C@H](CC)c2cccc(N)c2)C(=O)O1. The largest absolute Gasteiger partial charge is 0.458 e. The lowest BCUT2D eigenvalue weighted by Crippen LogP contribution is -2.49. The second-order valence-corrected chi connectivity index (χ2v) is 8.15. The summed E-state index contributed by atoms with van der Waals surface area (Å²) in [5.41, 5.74) is 7.99. The Labute approximate surface area is 173 Å². The number of cyclic esters (lactones) is 1. The molecule has 4 nitrogen and oxygen atoms in total. The Bertz CT molecular complexity index is 828. The van der Waals surface area contributed by atoms with Gasteiger partial charge in [0.15, 0.2) is 5.78 Å². The van der Waals surface area contributed by atoms with E-state index in [-0.39, 0.29) is 17.7 Å².